The van der Waals surface area contributed by atoms with Crippen LogP contribution in [0.4, 0.5) is 10.5 Å². The fourth-order valence-electron chi connectivity index (χ4n) is 2.56. The number of nitrogens with zero attached hydrogens (tertiary/aromatic N) is 1. The maximum atomic E-state index is 11.8. The van der Waals surface area contributed by atoms with Crippen molar-refractivity contribution in [2.75, 3.05) is 31.5 Å². The summed E-state index contributed by atoms with van der Waals surface area (Å²) in [5, 5.41) is 5.79. The molecule has 0 aliphatic carbocycles. The molecule has 2 N–H and O–H groups in total. The van der Waals surface area contributed by atoms with Gasteiger partial charge in [0.1, 0.15) is 0 Å². The van der Waals surface area contributed by atoms with Gasteiger partial charge in [-0.05, 0) is 63.0 Å². The smallest absolute Gasteiger partial charge is 0.319 e. The summed E-state index contributed by atoms with van der Waals surface area (Å²) in [5.74, 6) is 0. The van der Waals surface area contributed by atoms with Crippen LogP contribution >= 0.6 is 0 Å². The second-order valence-electron chi connectivity index (χ2n) is 5.31. The molecule has 0 spiro atoms. The number of hydrogen-bond acceptors (Lipinski definition) is 2. The van der Waals surface area contributed by atoms with Gasteiger partial charge in [0, 0.05) is 18.8 Å². The molecule has 4 heteroatoms. The average molecular weight is 261 g/mol. The lowest BCUT2D eigenvalue weighted by Crippen LogP contribution is -2.35. The summed E-state index contributed by atoms with van der Waals surface area (Å²) in [6, 6.07) is 5.93. The molecular weight excluding hydrogens is 238 g/mol. The zero-order chi connectivity index (χ0) is 13.7. The summed E-state index contributed by atoms with van der Waals surface area (Å²) >= 11 is 0. The van der Waals surface area contributed by atoms with E-state index in [2.05, 4.69) is 21.6 Å². The first-order chi connectivity index (χ1) is 9.13. The summed E-state index contributed by atoms with van der Waals surface area (Å²) in [4.78, 5) is 14.2. The largest absolute Gasteiger partial charge is 0.337 e. The molecule has 0 aromatic heterocycles. The second-order valence-corrected chi connectivity index (χ2v) is 5.31. The van der Waals surface area contributed by atoms with Gasteiger partial charge in [0.15, 0.2) is 0 Å². The molecule has 104 valence electrons. The Kier molecular flexibility index (Phi) is 4.80. The van der Waals surface area contributed by atoms with Gasteiger partial charge in [0.05, 0.1) is 0 Å². The Bertz CT molecular complexity index is 419. The highest BCUT2D eigenvalue weighted by Gasteiger charge is 2.11. The van der Waals surface area contributed by atoms with Crippen LogP contribution in [0.25, 0.3) is 0 Å². The van der Waals surface area contributed by atoms with Crippen molar-refractivity contribution in [2.24, 2.45) is 0 Å². The predicted octanol–water partition coefficient (Wildman–Crippen LogP) is 2.52. The number of nitrogens with one attached hydrogen (secondary N) is 2. The molecule has 1 aliphatic heterocycles. The number of aryl methyl sites for hydroxylation is 2. The first-order valence-electron chi connectivity index (χ1n) is 6.99. The van der Waals surface area contributed by atoms with Crippen molar-refractivity contribution in [1.29, 1.82) is 0 Å². The molecular formula is C15H23N3O. The summed E-state index contributed by atoms with van der Waals surface area (Å²) in [6.07, 6.45) is 2.57. The first-order valence-corrected chi connectivity index (χ1v) is 6.99. The van der Waals surface area contributed by atoms with Gasteiger partial charge in [-0.1, -0.05) is 6.07 Å². The third-order valence-corrected chi connectivity index (χ3v) is 3.39. The van der Waals surface area contributed by atoms with E-state index in [-0.39, 0.29) is 6.03 Å². The highest BCUT2D eigenvalue weighted by molar-refractivity contribution is 5.89. The van der Waals surface area contributed by atoms with Gasteiger partial charge in [-0.3, -0.25) is 0 Å². The van der Waals surface area contributed by atoms with E-state index in [9.17, 15) is 4.79 Å². The number of urea groups is 1. The minimum absolute atomic E-state index is 0.121. The maximum Gasteiger partial charge on any atom is 0.319 e. The summed E-state index contributed by atoms with van der Waals surface area (Å²) in [5.41, 5.74) is 3.18. The van der Waals surface area contributed by atoms with Crippen molar-refractivity contribution in [1.82, 2.24) is 10.2 Å². The Balaban J connectivity index is 1.74. The van der Waals surface area contributed by atoms with Crippen LogP contribution < -0.4 is 10.6 Å². The van der Waals surface area contributed by atoms with Gasteiger partial charge in [0.25, 0.3) is 0 Å². The molecule has 1 heterocycles. The van der Waals surface area contributed by atoms with E-state index < -0.39 is 0 Å². The number of hydrogen-bond donors (Lipinski definition) is 2. The Morgan fingerprint density at radius 3 is 2.42 bits per heavy atom. The maximum absolute atomic E-state index is 11.8. The van der Waals surface area contributed by atoms with Crippen LogP contribution in [0.5, 0.6) is 0 Å². The fourth-order valence-corrected chi connectivity index (χ4v) is 2.56. The predicted molar refractivity (Wildman–Crippen MR) is 78.6 cm³/mol. The molecule has 0 bridgehead atoms. The molecule has 1 fully saturated rings. The highest BCUT2D eigenvalue weighted by Crippen LogP contribution is 2.13. The zero-order valence-corrected chi connectivity index (χ0v) is 11.8. The van der Waals surface area contributed by atoms with Crippen molar-refractivity contribution in [3.8, 4) is 0 Å². The molecule has 1 aromatic rings. The Morgan fingerprint density at radius 2 is 1.79 bits per heavy atom. The summed E-state index contributed by atoms with van der Waals surface area (Å²) in [7, 11) is 0. The van der Waals surface area contributed by atoms with E-state index in [1.165, 1.54) is 25.9 Å². The average Bonchev–Trinajstić information content (AvgIpc) is 2.80. The van der Waals surface area contributed by atoms with E-state index in [1.807, 2.05) is 26.0 Å². The minimum atomic E-state index is -0.121. The molecule has 0 atom stereocenters. The van der Waals surface area contributed by atoms with Crippen molar-refractivity contribution < 1.29 is 4.79 Å². The standard InChI is InChI=1S/C15H23N3O/c1-12-9-13(2)11-14(10-12)17-15(19)16-5-8-18-6-3-4-7-18/h9-11H,3-8H2,1-2H3,(H2,16,17,19). The lowest BCUT2D eigenvalue weighted by Gasteiger charge is -2.15. The molecule has 1 aromatic carbocycles. The van der Waals surface area contributed by atoms with Crippen LogP contribution in [-0.4, -0.2) is 37.1 Å². The van der Waals surface area contributed by atoms with Crippen LogP contribution in [0.15, 0.2) is 18.2 Å². The molecule has 1 aliphatic rings. The molecule has 2 rings (SSSR count). The minimum Gasteiger partial charge on any atom is -0.337 e. The number of carbonyl (C=O) groups excluding carboxylic acids is 1. The van der Waals surface area contributed by atoms with Gasteiger partial charge in [-0.15, -0.1) is 0 Å². The van der Waals surface area contributed by atoms with Crippen LogP contribution in [0, 0.1) is 13.8 Å². The number of rotatable bonds is 4. The van der Waals surface area contributed by atoms with Crippen LogP contribution in [0.2, 0.25) is 0 Å². The monoisotopic (exact) mass is 261 g/mol. The molecule has 0 saturated carbocycles. The molecule has 1 saturated heterocycles. The summed E-state index contributed by atoms with van der Waals surface area (Å²) in [6.45, 7) is 8.05. The van der Waals surface area contributed by atoms with Crippen molar-refractivity contribution in [3.63, 3.8) is 0 Å². The normalized spacial score (nSPS) is 15.5. The van der Waals surface area contributed by atoms with E-state index >= 15 is 0 Å². The number of anilines is 1. The van der Waals surface area contributed by atoms with Gasteiger partial charge in [0.2, 0.25) is 0 Å². The molecule has 4 nitrogen and oxygen atoms in total. The number of likely N-dealkylation sites (tertiary alicyclic amines) is 1. The lowest BCUT2D eigenvalue weighted by molar-refractivity contribution is 0.249. The van der Waals surface area contributed by atoms with E-state index in [0.29, 0.717) is 6.54 Å². The number of amides is 2. The van der Waals surface area contributed by atoms with E-state index in [1.54, 1.807) is 0 Å². The van der Waals surface area contributed by atoms with Crippen LogP contribution in [-0.2, 0) is 0 Å². The van der Waals surface area contributed by atoms with Crippen molar-refractivity contribution in [3.05, 3.63) is 29.3 Å². The zero-order valence-electron chi connectivity index (χ0n) is 11.8. The Hall–Kier alpha value is -1.55. The highest BCUT2D eigenvalue weighted by atomic mass is 16.2. The van der Waals surface area contributed by atoms with Crippen molar-refractivity contribution in [2.45, 2.75) is 26.7 Å². The fraction of sp³-hybridized carbons (Fsp3) is 0.533. The lowest BCUT2D eigenvalue weighted by atomic mass is 10.1. The van der Waals surface area contributed by atoms with Crippen LogP contribution in [0.3, 0.4) is 0 Å². The molecule has 0 unspecified atom stereocenters. The van der Waals surface area contributed by atoms with Gasteiger partial charge < -0.3 is 15.5 Å². The molecule has 0 radical (unpaired) electrons. The number of benzene rings is 1. The van der Waals surface area contributed by atoms with Crippen LogP contribution in [0.1, 0.15) is 24.0 Å². The van der Waals surface area contributed by atoms with Crippen molar-refractivity contribution >= 4 is 11.7 Å². The quantitative estimate of drug-likeness (QED) is 0.874. The van der Waals surface area contributed by atoms with E-state index in [4.69, 9.17) is 0 Å². The van der Waals surface area contributed by atoms with Gasteiger partial charge in [-0.2, -0.15) is 0 Å². The van der Waals surface area contributed by atoms with Gasteiger partial charge in [-0.25, -0.2) is 4.79 Å². The molecule has 2 amide bonds. The SMILES string of the molecule is Cc1cc(C)cc(NC(=O)NCCN2CCCC2)c1. The summed E-state index contributed by atoms with van der Waals surface area (Å²) < 4.78 is 0. The Labute approximate surface area is 115 Å². The van der Waals surface area contributed by atoms with Gasteiger partial charge >= 0.3 is 6.03 Å². The Morgan fingerprint density at radius 1 is 1.16 bits per heavy atom. The third-order valence-electron chi connectivity index (χ3n) is 3.39. The third kappa shape index (κ3) is 4.56. The topological polar surface area (TPSA) is 44.4 Å². The first kappa shape index (κ1) is 13.9. The molecule has 19 heavy (non-hydrogen) atoms. The van der Waals surface area contributed by atoms with E-state index in [0.717, 1.165) is 23.4 Å². The second kappa shape index (κ2) is 6.57. The number of carbonyl (C=O) groups is 1.